The number of hydrogen-bond donors (Lipinski definition) is 1. The van der Waals surface area contributed by atoms with Crippen LogP contribution in [0.1, 0.15) is 25.0 Å². The minimum Gasteiger partial charge on any atom is -0.490 e. The van der Waals surface area contributed by atoms with E-state index < -0.39 is 0 Å². The monoisotopic (exact) mass is 291 g/mol. The molecule has 0 aliphatic heterocycles. The summed E-state index contributed by atoms with van der Waals surface area (Å²) in [7, 11) is 1.87. The third-order valence-electron chi connectivity index (χ3n) is 3.12. The Labute approximate surface area is 124 Å². The molecule has 0 saturated carbocycles. The van der Waals surface area contributed by atoms with Crippen molar-refractivity contribution in [1.82, 2.24) is 15.1 Å². The Hall–Kier alpha value is -1.88. The molecule has 0 spiro atoms. The van der Waals surface area contributed by atoms with Crippen LogP contribution in [0.25, 0.3) is 0 Å². The Morgan fingerprint density at radius 1 is 1.33 bits per heavy atom. The highest BCUT2D eigenvalue weighted by atomic mass is 19.1. The average Bonchev–Trinajstić information content (AvgIpc) is 2.84. The molecule has 1 aromatic heterocycles. The van der Waals surface area contributed by atoms with Gasteiger partial charge in [0.2, 0.25) is 0 Å². The number of hydrogen-bond acceptors (Lipinski definition) is 3. The van der Waals surface area contributed by atoms with Crippen LogP contribution in [0.5, 0.6) is 5.75 Å². The van der Waals surface area contributed by atoms with Gasteiger partial charge in [-0.05, 0) is 23.3 Å². The molecule has 4 nitrogen and oxygen atoms in total. The third-order valence-corrected chi connectivity index (χ3v) is 3.12. The first-order valence-electron chi connectivity index (χ1n) is 7.16. The van der Waals surface area contributed by atoms with Gasteiger partial charge in [0.1, 0.15) is 0 Å². The van der Waals surface area contributed by atoms with Gasteiger partial charge in [0.05, 0.1) is 12.8 Å². The summed E-state index contributed by atoms with van der Waals surface area (Å²) in [5, 5.41) is 7.34. The Morgan fingerprint density at radius 2 is 2.14 bits per heavy atom. The third kappa shape index (κ3) is 4.86. The second-order valence-electron chi connectivity index (χ2n) is 5.42. The molecule has 114 valence electrons. The van der Waals surface area contributed by atoms with E-state index in [1.54, 1.807) is 16.9 Å². The van der Waals surface area contributed by atoms with Gasteiger partial charge in [0, 0.05) is 32.3 Å². The zero-order chi connectivity index (χ0) is 15.2. The molecule has 1 heterocycles. The van der Waals surface area contributed by atoms with Crippen molar-refractivity contribution in [1.29, 1.82) is 0 Å². The zero-order valence-corrected chi connectivity index (χ0v) is 12.8. The van der Waals surface area contributed by atoms with Gasteiger partial charge in [-0.25, -0.2) is 4.39 Å². The predicted molar refractivity (Wildman–Crippen MR) is 80.8 cm³/mol. The first-order chi connectivity index (χ1) is 10.0. The summed E-state index contributed by atoms with van der Waals surface area (Å²) in [5.74, 6) is -0.0172. The van der Waals surface area contributed by atoms with Crippen LogP contribution in [0.2, 0.25) is 0 Å². The lowest BCUT2D eigenvalue weighted by Crippen LogP contribution is -2.21. The number of nitrogens with zero attached hydrogens (tertiary/aromatic N) is 2. The number of aryl methyl sites for hydroxylation is 1. The summed E-state index contributed by atoms with van der Waals surface area (Å²) >= 11 is 0. The lowest BCUT2D eigenvalue weighted by Gasteiger charge is -2.10. The van der Waals surface area contributed by atoms with E-state index in [1.807, 2.05) is 19.3 Å². The van der Waals surface area contributed by atoms with Crippen LogP contribution >= 0.6 is 0 Å². The van der Waals surface area contributed by atoms with Crippen LogP contribution in [0.15, 0.2) is 30.6 Å². The van der Waals surface area contributed by atoms with E-state index in [9.17, 15) is 4.39 Å². The first-order valence-corrected chi connectivity index (χ1v) is 7.16. The summed E-state index contributed by atoms with van der Waals surface area (Å²) in [6.07, 6.45) is 4.44. The average molecular weight is 291 g/mol. The van der Waals surface area contributed by atoms with Crippen molar-refractivity contribution in [2.24, 2.45) is 7.05 Å². The Morgan fingerprint density at radius 3 is 2.76 bits per heavy atom. The SMILES string of the molecule is CC(C)NCc1ccc(OCCc2cnn(C)c2)c(F)c1. The number of halogens is 1. The summed E-state index contributed by atoms with van der Waals surface area (Å²) in [4.78, 5) is 0. The van der Waals surface area contributed by atoms with E-state index in [-0.39, 0.29) is 5.82 Å². The molecule has 0 radical (unpaired) electrons. The van der Waals surface area contributed by atoms with Crippen LogP contribution in [-0.2, 0) is 20.0 Å². The van der Waals surface area contributed by atoms with E-state index in [1.165, 1.54) is 6.07 Å². The molecule has 2 aromatic rings. The van der Waals surface area contributed by atoms with Crippen LogP contribution in [0.3, 0.4) is 0 Å². The molecule has 0 unspecified atom stereocenters. The molecular formula is C16H22FN3O. The van der Waals surface area contributed by atoms with Crippen molar-refractivity contribution in [2.45, 2.75) is 32.9 Å². The Balaban J connectivity index is 1.85. The molecule has 1 N–H and O–H groups in total. The van der Waals surface area contributed by atoms with Gasteiger partial charge in [-0.2, -0.15) is 5.10 Å². The van der Waals surface area contributed by atoms with E-state index in [2.05, 4.69) is 24.3 Å². The van der Waals surface area contributed by atoms with Gasteiger partial charge in [0.15, 0.2) is 11.6 Å². The molecular weight excluding hydrogens is 269 g/mol. The molecule has 2 rings (SSSR count). The van der Waals surface area contributed by atoms with Crippen LogP contribution in [0, 0.1) is 5.82 Å². The number of ether oxygens (including phenoxy) is 1. The molecule has 0 saturated heterocycles. The number of benzene rings is 1. The second-order valence-corrected chi connectivity index (χ2v) is 5.42. The Kier molecular flexibility index (Phi) is 5.33. The second kappa shape index (κ2) is 7.22. The van der Waals surface area contributed by atoms with Crippen LogP contribution in [0.4, 0.5) is 4.39 Å². The maximum Gasteiger partial charge on any atom is 0.165 e. The summed E-state index contributed by atoms with van der Waals surface area (Å²) < 4.78 is 21.2. The maximum atomic E-state index is 13.9. The van der Waals surface area contributed by atoms with Crippen molar-refractivity contribution < 1.29 is 9.13 Å². The summed E-state index contributed by atoms with van der Waals surface area (Å²) in [6, 6.07) is 5.48. The molecule has 0 atom stereocenters. The molecule has 0 fully saturated rings. The topological polar surface area (TPSA) is 39.1 Å². The van der Waals surface area contributed by atoms with Crippen LogP contribution < -0.4 is 10.1 Å². The lowest BCUT2D eigenvalue weighted by atomic mass is 10.2. The molecule has 5 heteroatoms. The highest BCUT2D eigenvalue weighted by Crippen LogP contribution is 2.18. The number of nitrogens with one attached hydrogen (secondary N) is 1. The van der Waals surface area contributed by atoms with Gasteiger partial charge in [0.25, 0.3) is 0 Å². The largest absolute Gasteiger partial charge is 0.490 e. The minimum atomic E-state index is -0.316. The van der Waals surface area contributed by atoms with Gasteiger partial charge in [-0.15, -0.1) is 0 Å². The van der Waals surface area contributed by atoms with Crippen molar-refractivity contribution >= 4 is 0 Å². The fourth-order valence-corrected chi connectivity index (χ4v) is 1.97. The standard InChI is InChI=1S/C16H22FN3O/c1-12(2)18-9-13-4-5-16(15(17)8-13)21-7-6-14-10-19-20(3)11-14/h4-5,8,10-12,18H,6-7,9H2,1-3H3. The quantitative estimate of drug-likeness (QED) is 0.852. The Bertz CT molecular complexity index is 581. The molecule has 0 amide bonds. The highest BCUT2D eigenvalue weighted by molar-refractivity contribution is 5.29. The summed E-state index contributed by atoms with van der Waals surface area (Å²) in [5.41, 5.74) is 2.00. The van der Waals surface area contributed by atoms with E-state index in [0.717, 1.165) is 11.1 Å². The minimum absolute atomic E-state index is 0.298. The summed E-state index contributed by atoms with van der Waals surface area (Å²) in [6.45, 7) is 5.22. The smallest absolute Gasteiger partial charge is 0.165 e. The van der Waals surface area contributed by atoms with Crippen molar-refractivity contribution in [3.8, 4) is 5.75 Å². The normalized spacial score (nSPS) is 11.1. The van der Waals surface area contributed by atoms with Crippen LogP contribution in [-0.4, -0.2) is 22.4 Å². The predicted octanol–water partition coefficient (Wildman–Crippen LogP) is 2.68. The van der Waals surface area contributed by atoms with Gasteiger partial charge in [-0.3, -0.25) is 4.68 Å². The number of rotatable bonds is 7. The van der Waals surface area contributed by atoms with Gasteiger partial charge >= 0.3 is 0 Å². The number of aromatic nitrogens is 2. The molecule has 0 aliphatic rings. The van der Waals surface area contributed by atoms with Gasteiger partial charge < -0.3 is 10.1 Å². The van der Waals surface area contributed by atoms with E-state index in [0.29, 0.717) is 31.4 Å². The van der Waals surface area contributed by atoms with E-state index in [4.69, 9.17) is 4.74 Å². The van der Waals surface area contributed by atoms with Crippen molar-refractivity contribution in [2.75, 3.05) is 6.61 Å². The molecule has 0 aliphatic carbocycles. The maximum absolute atomic E-state index is 13.9. The first kappa shape index (κ1) is 15.5. The molecule has 21 heavy (non-hydrogen) atoms. The van der Waals surface area contributed by atoms with Crippen molar-refractivity contribution in [3.63, 3.8) is 0 Å². The fraction of sp³-hybridized carbons (Fsp3) is 0.438. The van der Waals surface area contributed by atoms with Gasteiger partial charge in [-0.1, -0.05) is 19.9 Å². The zero-order valence-electron chi connectivity index (χ0n) is 12.8. The molecule has 0 bridgehead atoms. The van der Waals surface area contributed by atoms with E-state index >= 15 is 0 Å². The fourth-order valence-electron chi connectivity index (χ4n) is 1.97. The molecule has 1 aromatic carbocycles. The van der Waals surface area contributed by atoms with Crippen molar-refractivity contribution in [3.05, 3.63) is 47.5 Å². The lowest BCUT2D eigenvalue weighted by molar-refractivity contribution is 0.305. The highest BCUT2D eigenvalue weighted by Gasteiger charge is 2.06.